The first kappa shape index (κ1) is 27.1. The smallest absolute Gasteiger partial charge is 0.401 e. The molecule has 168 valence electrons. The standard InChI is InChI=1S/C21H42O7/c1-9-13-17(25-27-20(5,6)15-11-3)23-19(22)24-18(14-10-2)26-28-21(7,8)16-12-4/h17-18H,9-16H2,1-8H3. The van der Waals surface area contributed by atoms with Gasteiger partial charge in [0.2, 0.25) is 12.6 Å². The summed E-state index contributed by atoms with van der Waals surface area (Å²) in [5.74, 6) is 0. The minimum absolute atomic E-state index is 0.458. The van der Waals surface area contributed by atoms with E-state index in [-0.39, 0.29) is 0 Å². The molecule has 0 saturated heterocycles. The van der Waals surface area contributed by atoms with E-state index in [9.17, 15) is 4.79 Å². The predicted molar refractivity (Wildman–Crippen MR) is 107 cm³/mol. The SMILES string of the molecule is CCCC(OOC(C)(C)CCC)OC(=O)OC(CCC)OOC(C)(C)CCC. The number of ether oxygens (including phenoxy) is 2. The van der Waals surface area contributed by atoms with Gasteiger partial charge in [-0.25, -0.2) is 14.6 Å². The summed E-state index contributed by atoms with van der Waals surface area (Å²) in [5, 5.41) is 0. The molecule has 7 heteroatoms. The molecule has 0 aromatic carbocycles. The van der Waals surface area contributed by atoms with Crippen LogP contribution in [-0.2, 0) is 29.0 Å². The highest BCUT2D eigenvalue weighted by atomic mass is 17.2. The third kappa shape index (κ3) is 13.3. The molecule has 2 unspecified atom stereocenters. The summed E-state index contributed by atoms with van der Waals surface area (Å²) >= 11 is 0. The fraction of sp³-hybridized carbons (Fsp3) is 0.952. The maximum Gasteiger partial charge on any atom is 0.513 e. The molecule has 0 rings (SSSR count). The molecule has 0 N–H and O–H groups in total. The summed E-state index contributed by atoms with van der Waals surface area (Å²) in [5.41, 5.74) is -0.916. The second-order valence-electron chi connectivity index (χ2n) is 8.30. The summed E-state index contributed by atoms with van der Waals surface area (Å²) in [4.78, 5) is 33.9. The third-order valence-electron chi connectivity index (χ3n) is 3.97. The first-order valence-corrected chi connectivity index (χ1v) is 10.6. The molecular formula is C21H42O7. The molecule has 0 saturated carbocycles. The minimum Gasteiger partial charge on any atom is -0.401 e. The van der Waals surface area contributed by atoms with Gasteiger partial charge in [0.25, 0.3) is 0 Å². The van der Waals surface area contributed by atoms with E-state index >= 15 is 0 Å². The largest absolute Gasteiger partial charge is 0.513 e. The highest BCUT2D eigenvalue weighted by Crippen LogP contribution is 2.21. The topological polar surface area (TPSA) is 72.5 Å². The fourth-order valence-corrected chi connectivity index (χ4v) is 2.62. The summed E-state index contributed by atoms with van der Waals surface area (Å²) in [6.07, 6.45) is 3.54. The van der Waals surface area contributed by atoms with E-state index in [0.717, 1.165) is 38.5 Å². The van der Waals surface area contributed by atoms with Gasteiger partial charge in [-0.2, -0.15) is 9.78 Å². The molecule has 28 heavy (non-hydrogen) atoms. The lowest BCUT2D eigenvalue weighted by molar-refractivity contribution is -0.425. The molecule has 0 radical (unpaired) electrons. The molecule has 2 atom stereocenters. The van der Waals surface area contributed by atoms with E-state index in [4.69, 9.17) is 29.0 Å². The van der Waals surface area contributed by atoms with E-state index in [2.05, 4.69) is 13.8 Å². The molecule has 0 aliphatic heterocycles. The predicted octanol–water partition coefficient (Wildman–Crippen LogP) is 6.45. The lowest BCUT2D eigenvalue weighted by Gasteiger charge is -2.27. The molecule has 0 amide bonds. The van der Waals surface area contributed by atoms with Crippen molar-refractivity contribution in [1.29, 1.82) is 0 Å². The first-order chi connectivity index (χ1) is 13.1. The Bertz CT molecular complexity index is 374. The van der Waals surface area contributed by atoms with Crippen LogP contribution in [0.3, 0.4) is 0 Å². The Labute approximate surface area is 171 Å². The Morgan fingerprint density at radius 3 is 1.32 bits per heavy atom. The van der Waals surface area contributed by atoms with Crippen molar-refractivity contribution < 1.29 is 33.8 Å². The van der Waals surface area contributed by atoms with E-state index in [0.29, 0.717) is 12.8 Å². The van der Waals surface area contributed by atoms with Crippen LogP contribution in [-0.4, -0.2) is 29.9 Å². The van der Waals surface area contributed by atoms with Gasteiger partial charge in [0, 0.05) is 12.8 Å². The van der Waals surface area contributed by atoms with Gasteiger partial charge in [0.1, 0.15) is 0 Å². The highest BCUT2D eigenvalue weighted by molar-refractivity contribution is 5.60. The maximum atomic E-state index is 12.2. The first-order valence-electron chi connectivity index (χ1n) is 10.6. The van der Waals surface area contributed by atoms with Crippen LogP contribution < -0.4 is 0 Å². The van der Waals surface area contributed by atoms with Crippen molar-refractivity contribution in [3.63, 3.8) is 0 Å². The highest BCUT2D eigenvalue weighted by Gasteiger charge is 2.27. The molecule has 0 fully saturated rings. The van der Waals surface area contributed by atoms with Crippen LogP contribution in [0.15, 0.2) is 0 Å². The van der Waals surface area contributed by atoms with Crippen molar-refractivity contribution in [1.82, 2.24) is 0 Å². The molecule has 0 aromatic rings. The lowest BCUT2D eigenvalue weighted by Crippen LogP contribution is -2.33. The Kier molecular flexibility index (Phi) is 13.7. The maximum absolute atomic E-state index is 12.2. The van der Waals surface area contributed by atoms with Gasteiger partial charge in [-0.3, -0.25) is 0 Å². The Hall–Kier alpha value is -0.890. The fourth-order valence-electron chi connectivity index (χ4n) is 2.62. The van der Waals surface area contributed by atoms with E-state index in [1.54, 1.807) is 0 Å². The van der Waals surface area contributed by atoms with Gasteiger partial charge in [-0.1, -0.05) is 53.4 Å². The molecule has 0 aliphatic carbocycles. The van der Waals surface area contributed by atoms with Crippen LogP contribution in [0.1, 0.15) is 107 Å². The summed E-state index contributed by atoms with van der Waals surface area (Å²) in [7, 11) is 0. The number of carbonyl (C=O) groups excluding carboxylic acids is 1. The van der Waals surface area contributed by atoms with Crippen LogP contribution in [0.4, 0.5) is 4.79 Å². The van der Waals surface area contributed by atoms with Gasteiger partial charge in [-0.05, 0) is 40.5 Å². The molecule has 0 spiro atoms. The zero-order valence-corrected chi connectivity index (χ0v) is 19.2. The number of hydrogen-bond acceptors (Lipinski definition) is 7. The van der Waals surface area contributed by atoms with E-state index < -0.39 is 29.9 Å². The summed E-state index contributed by atoms with van der Waals surface area (Å²) in [6.45, 7) is 15.8. The van der Waals surface area contributed by atoms with Crippen molar-refractivity contribution in [2.24, 2.45) is 0 Å². The second kappa shape index (κ2) is 14.1. The van der Waals surface area contributed by atoms with Crippen LogP contribution in [0.25, 0.3) is 0 Å². The van der Waals surface area contributed by atoms with Gasteiger partial charge in [0.15, 0.2) is 0 Å². The van der Waals surface area contributed by atoms with E-state index in [1.165, 1.54) is 0 Å². The summed E-state index contributed by atoms with van der Waals surface area (Å²) in [6, 6.07) is 0. The number of carbonyl (C=O) groups is 1. The lowest BCUT2D eigenvalue weighted by atomic mass is 10.0. The van der Waals surface area contributed by atoms with Gasteiger partial charge in [-0.15, -0.1) is 0 Å². The zero-order valence-electron chi connectivity index (χ0n) is 19.2. The average Bonchev–Trinajstić information content (AvgIpc) is 2.58. The molecule has 0 aromatic heterocycles. The van der Waals surface area contributed by atoms with Crippen molar-refractivity contribution in [2.75, 3.05) is 0 Å². The van der Waals surface area contributed by atoms with Crippen LogP contribution >= 0.6 is 0 Å². The van der Waals surface area contributed by atoms with Crippen LogP contribution in [0.5, 0.6) is 0 Å². The number of rotatable bonds is 16. The normalized spacial score (nSPS) is 14.6. The van der Waals surface area contributed by atoms with Crippen molar-refractivity contribution >= 4 is 6.16 Å². The van der Waals surface area contributed by atoms with Crippen molar-refractivity contribution in [3.05, 3.63) is 0 Å². The minimum atomic E-state index is -0.870. The zero-order chi connectivity index (χ0) is 21.6. The van der Waals surface area contributed by atoms with Gasteiger partial charge in [0.05, 0.1) is 11.2 Å². The second-order valence-corrected chi connectivity index (χ2v) is 8.30. The monoisotopic (exact) mass is 406 g/mol. The van der Waals surface area contributed by atoms with Gasteiger partial charge < -0.3 is 9.47 Å². The Morgan fingerprint density at radius 1 is 0.679 bits per heavy atom. The molecular weight excluding hydrogens is 364 g/mol. The third-order valence-corrected chi connectivity index (χ3v) is 3.97. The summed E-state index contributed by atoms with van der Waals surface area (Å²) < 4.78 is 10.6. The average molecular weight is 407 g/mol. The molecule has 0 heterocycles. The van der Waals surface area contributed by atoms with Gasteiger partial charge >= 0.3 is 6.16 Å². The Balaban J connectivity index is 4.63. The molecule has 7 nitrogen and oxygen atoms in total. The van der Waals surface area contributed by atoms with Crippen molar-refractivity contribution in [2.45, 2.75) is 131 Å². The quantitative estimate of drug-likeness (QED) is 0.126. The van der Waals surface area contributed by atoms with Crippen molar-refractivity contribution in [3.8, 4) is 0 Å². The van der Waals surface area contributed by atoms with Crippen LogP contribution in [0, 0.1) is 0 Å². The number of hydrogen-bond donors (Lipinski definition) is 0. The van der Waals surface area contributed by atoms with Crippen LogP contribution in [0.2, 0.25) is 0 Å². The molecule has 0 aliphatic rings. The van der Waals surface area contributed by atoms with E-state index in [1.807, 2.05) is 41.5 Å². The molecule has 0 bridgehead atoms. The Morgan fingerprint density at radius 2 is 1.04 bits per heavy atom.